The van der Waals surface area contributed by atoms with Crippen molar-refractivity contribution in [1.82, 2.24) is 10.2 Å². The monoisotopic (exact) mass is 125 g/mol. The summed E-state index contributed by atoms with van der Waals surface area (Å²) in [5.74, 6) is 0.651. The fraction of sp³-hybridized carbons (Fsp3) is 0.500. The molecule has 0 fully saturated rings. The van der Waals surface area contributed by atoms with E-state index in [1.54, 1.807) is 0 Å². The first kappa shape index (κ1) is 6.13. The first-order valence-corrected chi connectivity index (χ1v) is 3.12. The zero-order valence-electron chi connectivity index (χ0n) is 5.52. The molecule has 0 unspecified atom stereocenters. The third-order valence-corrected chi connectivity index (χ3v) is 1.16. The van der Waals surface area contributed by atoms with E-state index in [4.69, 9.17) is 5.73 Å². The minimum atomic E-state index is 0.651. The van der Waals surface area contributed by atoms with Gasteiger partial charge >= 0.3 is 0 Å². The highest BCUT2D eigenvalue weighted by atomic mass is 15.1. The van der Waals surface area contributed by atoms with E-state index in [1.165, 1.54) is 0 Å². The molecule has 0 spiro atoms. The summed E-state index contributed by atoms with van der Waals surface area (Å²) in [4.78, 5) is 0. The second kappa shape index (κ2) is 2.53. The van der Waals surface area contributed by atoms with Crippen LogP contribution in [0.1, 0.15) is 19.0 Å². The molecule has 0 bridgehead atoms. The maximum atomic E-state index is 5.39. The van der Waals surface area contributed by atoms with Crippen molar-refractivity contribution >= 4 is 5.82 Å². The van der Waals surface area contributed by atoms with Gasteiger partial charge in [-0.3, -0.25) is 5.10 Å². The Kier molecular flexibility index (Phi) is 1.72. The summed E-state index contributed by atoms with van der Waals surface area (Å²) in [6.07, 6.45) is 2.12. The van der Waals surface area contributed by atoms with E-state index in [0.717, 1.165) is 18.5 Å². The maximum Gasteiger partial charge on any atom is 0.119 e. The molecule has 3 N–H and O–H groups in total. The summed E-state index contributed by atoms with van der Waals surface area (Å²) in [7, 11) is 0. The van der Waals surface area contributed by atoms with Crippen molar-refractivity contribution in [2.45, 2.75) is 19.8 Å². The third kappa shape index (κ3) is 1.45. The fourth-order valence-electron chi connectivity index (χ4n) is 0.765. The number of anilines is 1. The lowest BCUT2D eigenvalue weighted by Crippen LogP contribution is -1.81. The van der Waals surface area contributed by atoms with Gasteiger partial charge in [-0.2, -0.15) is 5.10 Å². The molecule has 9 heavy (non-hydrogen) atoms. The number of hydrogen-bond donors (Lipinski definition) is 2. The number of nitrogen functional groups attached to an aromatic ring is 1. The first-order valence-electron chi connectivity index (χ1n) is 3.12. The highest BCUT2D eigenvalue weighted by Gasteiger charge is 1.93. The number of aryl methyl sites for hydroxylation is 1. The van der Waals surface area contributed by atoms with Gasteiger partial charge < -0.3 is 5.73 Å². The minimum Gasteiger partial charge on any atom is -0.384 e. The summed E-state index contributed by atoms with van der Waals surface area (Å²) >= 11 is 0. The Morgan fingerprint density at radius 2 is 2.56 bits per heavy atom. The van der Waals surface area contributed by atoms with Gasteiger partial charge in [-0.15, -0.1) is 0 Å². The van der Waals surface area contributed by atoms with Gasteiger partial charge in [-0.1, -0.05) is 13.3 Å². The molecule has 0 saturated heterocycles. The van der Waals surface area contributed by atoms with E-state index >= 15 is 0 Å². The molecule has 50 valence electrons. The van der Waals surface area contributed by atoms with Crippen molar-refractivity contribution in [3.05, 3.63) is 11.8 Å². The minimum absolute atomic E-state index is 0.651. The Hall–Kier alpha value is -0.990. The summed E-state index contributed by atoms with van der Waals surface area (Å²) in [5.41, 5.74) is 6.44. The van der Waals surface area contributed by atoms with Crippen LogP contribution in [-0.2, 0) is 6.42 Å². The van der Waals surface area contributed by atoms with Gasteiger partial charge in [-0.25, -0.2) is 0 Å². The van der Waals surface area contributed by atoms with Crippen molar-refractivity contribution in [3.63, 3.8) is 0 Å². The number of aromatic nitrogens is 2. The lowest BCUT2D eigenvalue weighted by atomic mass is 10.2. The molecule has 3 heteroatoms. The second-order valence-corrected chi connectivity index (χ2v) is 2.06. The second-order valence-electron chi connectivity index (χ2n) is 2.06. The molecule has 3 nitrogen and oxygen atoms in total. The lowest BCUT2D eigenvalue weighted by molar-refractivity contribution is 0.867. The van der Waals surface area contributed by atoms with Crippen LogP contribution < -0.4 is 5.73 Å². The normalized spacial score (nSPS) is 9.89. The number of rotatable bonds is 2. The SMILES string of the molecule is CCCc1cc(N)[nH]n1. The van der Waals surface area contributed by atoms with E-state index < -0.39 is 0 Å². The van der Waals surface area contributed by atoms with Gasteiger partial charge in [-0.05, 0) is 6.42 Å². The molecule has 1 aromatic rings. The van der Waals surface area contributed by atoms with Gasteiger partial charge in [0.25, 0.3) is 0 Å². The van der Waals surface area contributed by atoms with Crippen molar-refractivity contribution in [1.29, 1.82) is 0 Å². The number of hydrogen-bond acceptors (Lipinski definition) is 2. The van der Waals surface area contributed by atoms with Gasteiger partial charge in [0.15, 0.2) is 0 Å². The molecule has 1 aromatic heterocycles. The van der Waals surface area contributed by atoms with Crippen molar-refractivity contribution < 1.29 is 0 Å². The van der Waals surface area contributed by atoms with Crippen molar-refractivity contribution in [2.75, 3.05) is 5.73 Å². The van der Waals surface area contributed by atoms with Crippen LogP contribution in [0.2, 0.25) is 0 Å². The quantitative estimate of drug-likeness (QED) is 0.618. The van der Waals surface area contributed by atoms with Crippen LogP contribution in [0, 0.1) is 0 Å². The van der Waals surface area contributed by atoms with E-state index in [-0.39, 0.29) is 0 Å². The Labute approximate surface area is 54.3 Å². The number of nitrogens with one attached hydrogen (secondary N) is 1. The van der Waals surface area contributed by atoms with Gasteiger partial charge in [0.2, 0.25) is 0 Å². The summed E-state index contributed by atoms with van der Waals surface area (Å²) in [6, 6.07) is 1.86. The third-order valence-electron chi connectivity index (χ3n) is 1.16. The van der Waals surface area contributed by atoms with Gasteiger partial charge in [0.1, 0.15) is 5.82 Å². The smallest absolute Gasteiger partial charge is 0.119 e. The summed E-state index contributed by atoms with van der Waals surface area (Å²) in [5, 5.41) is 6.64. The molecule has 0 aromatic carbocycles. The fourth-order valence-corrected chi connectivity index (χ4v) is 0.765. The van der Waals surface area contributed by atoms with Gasteiger partial charge in [0.05, 0.1) is 5.69 Å². The lowest BCUT2D eigenvalue weighted by Gasteiger charge is -1.84. The zero-order valence-corrected chi connectivity index (χ0v) is 5.52. The van der Waals surface area contributed by atoms with Crippen LogP contribution in [0.4, 0.5) is 5.82 Å². The molecule has 0 amide bonds. The number of H-pyrrole nitrogens is 1. The predicted octanol–water partition coefficient (Wildman–Crippen LogP) is 0.944. The molecule has 0 radical (unpaired) electrons. The van der Waals surface area contributed by atoms with Crippen LogP contribution in [0.3, 0.4) is 0 Å². The van der Waals surface area contributed by atoms with E-state index in [1.807, 2.05) is 6.07 Å². The molecule has 0 saturated carbocycles. The molecular formula is C6H11N3. The highest BCUT2D eigenvalue weighted by molar-refractivity contribution is 5.28. The van der Waals surface area contributed by atoms with E-state index in [9.17, 15) is 0 Å². The first-order chi connectivity index (χ1) is 4.33. The van der Waals surface area contributed by atoms with Crippen molar-refractivity contribution in [3.8, 4) is 0 Å². The van der Waals surface area contributed by atoms with E-state index in [0.29, 0.717) is 5.82 Å². The number of nitrogens with two attached hydrogens (primary N) is 1. The Balaban J connectivity index is 2.61. The molecule has 0 aliphatic rings. The van der Waals surface area contributed by atoms with Crippen LogP contribution >= 0.6 is 0 Å². The Morgan fingerprint density at radius 3 is 3.00 bits per heavy atom. The number of nitrogens with zero attached hydrogens (tertiary/aromatic N) is 1. The van der Waals surface area contributed by atoms with Crippen LogP contribution in [0.15, 0.2) is 6.07 Å². The summed E-state index contributed by atoms with van der Waals surface area (Å²) in [6.45, 7) is 2.12. The van der Waals surface area contributed by atoms with Crippen LogP contribution in [-0.4, -0.2) is 10.2 Å². The maximum absolute atomic E-state index is 5.39. The standard InChI is InChI=1S/C6H11N3/c1-2-3-5-4-6(7)9-8-5/h4H,2-3H2,1H3,(H3,7,8,9). The molecule has 0 atom stereocenters. The molecule has 0 aliphatic carbocycles. The Morgan fingerprint density at radius 1 is 1.78 bits per heavy atom. The average Bonchev–Trinajstić information content (AvgIpc) is 2.17. The zero-order chi connectivity index (χ0) is 6.69. The van der Waals surface area contributed by atoms with E-state index in [2.05, 4.69) is 17.1 Å². The highest BCUT2D eigenvalue weighted by Crippen LogP contribution is 2.01. The molecule has 1 rings (SSSR count). The predicted molar refractivity (Wildman–Crippen MR) is 37.0 cm³/mol. The largest absolute Gasteiger partial charge is 0.384 e. The van der Waals surface area contributed by atoms with Crippen molar-refractivity contribution in [2.24, 2.45) is 0 Å². The van der Waals surface area contributed by atoms with Crippen LogP contribution in [0.5, 0.6) is 0 Å². The molecule has 1 heterocycles. The summed E-state index contributed by atoms with van der Waals surface area (Å²) < 4.78 is 0. The number of aromatic amines is 1. The molecule has 0 aliphatic heterocycles. The topological polar surface area (TPSA) is 54.7 Å². The Bertz CT molecular complexity index is 180. The average molecular weight is 125 g/mol. The van der Waals surface area contributed by atoms with Gasteiger partial charge in [0, 0.05) is 6.07 Å². The van der Waals surface area contributed by atoms with Crippen LogP contribution in [0.25, 0.3) is 0 Å². The molecular weight excluding hydrogens is 114 g/mol.